The van der Waals surface area contributed by atoms with E-state index in [4.69, 9.17) is 5.73 Å². The lowest BCUT2D eigenvalue weighted by Crippen LogP contribution is -1.97. The van der Waals surface area contributed by atoms with Gasteiger partial charge in [0.25, 0.3) is 0 Å². The molecule has 0 bridgehead atoms. The Kier molecular flexibility index (Phi) is 3.76. The zero-order chi connectivity index (χ0) is 6.41. The summed E-state index contributed by atoms with van der Waals surface area (Å²) in [5.74, 6) is 0.433. The van der Waals surface area contributed by atoms with Crippen molar-refractivity contribution in [1.82, 2.24) is 0 Å². The van der Waals surface area contributed by atoms with E-state index in [1.807, 2.05) is 19.1 Å². The van der Waals surface area contributed by atoms with Crippen LogP contribution in [0.15, 0.2) is 24.1 Å². The maximum atomic E-state index is 5.25. The van der Waals surface area contributed by atoms with Crippen molar-refractivity contribution in [1.29, 1.82) is 0 Å². The van der Waals surface area contributed by atoms with Gasteiger partial charge in [-0.1, -0.05) is 12.2 Å². The van der Waals surface area contributed by atoms with Crippen molar-refractivity contribution in [2.75, 3.05) is 7.11 Å². The fourth-order valence-corrected chi connectivity index (χ4v) is 0.259. The van der Waals surface area contributed by atoms with Gasteiger partial charge < -0.3 is 10.5 Å². The third kappa shape index (κ3) is 3.28. The summed E-state index contributed by atoms with van der Waals surface area (Å²) in [6, 6.07) is 0. The first-order chi connectivity index (χ1) is 3.81. The van der Waals surface area contributed by atoms with Gasteiger partial charge in [0, 0.05) is 0 Å². The van der Waals surface area contributed by atoms with Gasteiger partial charge in [-0.2, -0.15) is 0 Å². The summed E-state index contributed by atoms with van der Waals surface area (Å²) in [7, 11) is 1.54. The summed E-state index contributed by atoms with van der Waals surface area (Å²) >= 11 is 0. The average molecular weight is 113 g/mol. The molecule has 0 aliphatic carbocycles. The maximum Gasteiger partial charge on any atom is 0.183 e. The molecule has 0 aromatic heterocycles. The van der Waals surface area contributed by atoms with E-state index in [-0.39, 0.29) is 0 Å². The first-order valence-electron chi connectivity index (χ1n) is 2.43. The van der Waals surface area contributed by atoms with Gasteiger partial charge in [-0.05, 0) is 13.0 Å². The standard InChI is InChI=1S/C6H11NO/c1-3-4-5-6(7)8-2/h3-5H,7H2,1-2H3/b4-3-,6-5+. The van der Waals surface area contributed by atoms with Crippen molar-refractivity contribution in [3.8, 4) is 0 Å². The van der Waals surface area contributed by atoms with E-state index in [1.165, 1.54) is 7.11 Å². The molecule has 0 aliphatic heterocycles. The third-order valence-corrected chi connectivity index (χ3v) is 0.689. The van der Waals surface area contributed by atoms with Gasteiger partial charge in [0.05, 0.1) is 7.11 Å². The van der Waals surface area contributed by atoms with Crippen molar-refractivity contribution in [3.05, 3.63) is 24.1 Å². The number of ether oxygens (including phenoxy) is 1. The molecule has 0 saturated carbocycles. The summed E-state index contributed by atoms with van der Waals surface area (Å²) in [6.07, 6.45) is 5.39. The molecule has 0 rings (SSSR count). The van der Waals surface area contributed by atoms with E-state index in [0.29, 0.717) is 5.88 Å². The van der Waals surface area contributed by atoms with Crippen molar-refractivity contribution < 1.29 is 4.74 Å². The molecular formula is C6H11NO. The molecule has 0 aromatic rings. The molecule has 0 radical (unpaired) electrons. The van der Waals surface area contributed by atoms with E-state index in [2.05, 4.69) is 4.74 Å². The highest BCUT2D eigenvalue weighted by Gasteiger charge is 1.75. The molecular weight excluding hydrogens is 102 g/mol. The largest absolute Gasteiger partial charge is 0.483 e. The summed E-state index contributed by atoms with van der Waals surface area (Å²) in [5.41, 5.74) is 5.25. The molecule has 2 heteroatoms. The Morgan fingerprint density at radius 3 is 2.62 bits per heavy atom. The highest BCUT2D eigenvalue weighted by molar-refractivity contribution is 5.03. The second-order valence-electron chi connectivity index (χ2n) is 1.30. The van der Waals surface area contributed by atoms with Crippen LogP contribution in [-0.4, -0.2) is 7.11 Å². The Hall–Kier alpha value is -0.920. The van der Waals surface area contributed by atoms with Gasteiger partial charge in [0.15, 0.2) is 5.88 Å². The Balaban J connectivity index is 3.57. The van der Waals surface area contributed by atoms with Crippen LogP contribution in [0.3, 0.4) is 0 Å². The summed E-state index contributed by atoms with van der Waals surface area (Å²) < 4.78 is 4.64. The lowest BCUT2D eigenvalue weighted by Gasteiger charge is -1.92. The number of rotatable bonds is 2. The van der Waals surface area contributed by atoms with Crippen LogP contribution in [0.4, 0.5) is 0 Å². The minimum absolute atomic E-state index is 0.433. The highest BCUT2D eigenvalue weighted by Crippen LogP contribution is 1.83. The fraction of sp³-hybridized carbons (Fsp3) is 0.333. The van der Waals surface area contributed by atoms with Crippen molar-refractivity contribution in [2.24, 2.45) is 5.73 Å². The molecule has 0 fully saturated rings. The molecule has 0 saturated heterocycles. The van der Waals surface area contributed by atoms with Crippen LogP contribution in [0.2, 0.25) is 0 Å². The first-order valence-corrected chi connectivity index (χ1v) is 2.43. The van der Waals surface area contributed by atoms with Crippen LogP contribution >= 0.6 is 0 Å². The van der Waals surface area contributed by atoms with E-state index in [0.717, 1.165) is 0 Å². The molecule has 0 atom stereocenters. The Labute approximate surface area is 49.6 Å². The second kappa shape index (κ2) is 4.24. The zero-order valence-corrected chi connectivity index (χ0v) is 5.22. The Morgan fingerprint density at radius 2 is 2.25 bits per heavy atom. The number of methoxy groups -OCH3 is 1. The number of allylic oxidation sites excluding steroid dienone is 3. The lowest BCUT2D eigenvalue weighted by molar-refractivity contribution is 0.287. The van der Waals surface area contributed by atoms with Crippen LogP contribution in [0.5, 0.6) is 0 Å². The van der Waals surface area contributed by atoms with E-state index >= 15 is 0 Å². The molecule has 2 N–H and O–H groups in total. The molecule has 8 heavy (non-hydrogen) atoms. The van der Waals surface area contributed by atoms with Crippen LogP contribution in [0.1, 0.15) is 6.92 Å². The predicted molar refractivity (Wildman–Crippen MR) is 34.1 cm³/mol. The van der Waals surface area contributed by atoms with Crippen molar-refractivity contribution in [2.45, 2.75) is 6.92 Å². The van der Waals surface area contributed by atoms with E-state index in [9.17, 15) is 0 Å². The summed E-state index contributed by atoms with van der Waals surface area (Å²) in [5, 5.41) is 0. The first kappa shape index (κ1) is 7.08. The van der Waals surface area contributed by atoms with Gasteiger partial charge in [-0.3, -0.25) is 0 Å². The van der Waals surface area contributed by atoms with Crippen LogP contribution in [-0.2, 0) is 4.74 Å². The average Bonchev–Trinajstić information content (AvgIpc) is 1.83. The van der Waals surface area contributed by atoms with Crippen LogP contribution < -0.4 is 5.73 Å². The molecule has 0 spiro atoms. The van der Waals surface area contributed by atoms with Crippen molar-refractivity contribution >= 4 is 0 Å². The summed E-state index contributed by atoms with van der Waals surface area (Å²) in [6.45, 7) is 1.92. The lowest BCUT2D eigenvalue weighted by atomic mass is 10.5. The second-order valence-corrected chi connectivity index (χ2v) is 1.30. The number of hydrogen-bond donors (Lipinski definition) is 1. The third-order valence-electron chi connectivity index (χ3n) is 0.689. The minimum Gasteiger partial charge on any atom is -0.483 e. The minimum atomic E-state index is 0.433. The van der Waals surface area contributed by atoms with Crippen LogP contribution in [0, 0.1) is 0 Å². The molecule has 0 aliphatic rings. The van der Waals surface area contributed by atoms with Gasteiger partial charge >= 0.3 is 0 Å². The monoisotopic (exact) mass is 113 g/mol. The smallest absolute Gasteiger partial charge is 0.183 e. The van der Waals surface area contributed by atoms with Gasteiger partial charge in [0.2, 0.25) is 0 Å². The molecule has 46 valence electrons. The van der Waals surface area contributed by atoms with Gasteiger partial charge in [-0.25, -0.2) is 0 Å². The zero-order valence-electron chi connectivity index (χ0n) is 5.22. The van der Waals surface area contributed by atoms with Crippen molar-refractivity contribution in [3.63, 3.8) is 0 Å². The Bertz CT molecular complexity index is 105. The number of nitrogens with two attached hydrogens (primary N) is 1. The quantitative estimate of drug-likeness (QED) is 0.428. The molecule has 0 unspecified atom stereocenters. The SMILES string of the molecule is C/C=C\C=C(/N)OC. The number of hydrogen-bond acceptors (Lipinski definition) is 2. The molecule has 0 amide bonds. The maximum absolute atomic E-state index is 5.25. The molecule has 0 heterocycles. The molecule has 2 nitrogen and oxygen atoms in total. The van der Waals surface area contributed by atoms with Gasteiger partial charge in [-0.15, -0.1) is 0 Å². The molecule has 0 aromatic carbocycles. The topological polar surface area (TPSA) is 35.2 Å². The fourth-order valence-electron chi connectivity index (χ4n) is 0.259. The normalized spacial score (nSPS) is 12.5. The van der Waals surface area contributed by atoms with E-state index < -0.39 is 0 Å². The Morgan fingerprint density at radius 1 is 1.62 bits per heavy atom. The predicted octanol–water partition coefficient (Wildman–Crippen LogP) is 1.01. The highest BCUT2D eigenvalue weighted by atomic mass is 16.5. The van der Waals surface area contributed by atoms with Crippen LogP contribution in [0.25, 0.3) is 0 Å². The van der Waals surface area contributed by atoms with E-state index in [1.54, 1.807) is 6.08 Å². The summed E-state index contributed by atoms with van der Waals surface area (Å²) in [4.78, 5) is 0. The van der Waals surface area contributed by atoms with Gasteiger partial charge in [0.1, 0.15) is 0 Å².